The number of carbonyl (C=O) groups excluding carboxylic acids is 5. The lowest BCUT2D eigenvalue weighted by molar-refractivity contribution is -0.141. The number of aliphatic carboxylic acids is 1. The Morgan fingerprint density at radius 3 is 1.90 bits per heavy atom. The van der Waals surface area contributed by atoms with Crippen LogP contribution >= 0.6 is 0 Å². The summed E-state index contributed by atoms with van der Waals surface area (Å²) in [7, 11) is 0. The Balaban J connectivity index is 3.06. The Bertz CT molecular complexity index is 1260. The van der Waals surface area contributed by atoms with Gasteiger partial charge < -0.3 is 59.7 Å². The Kier molecular flexibility index (Phi) is 18.0. The number of hydrogen-bond donors (Lipinski definition) is 12. The largest absolute Gasteiger partial charge is 0.508 e. The van der Waals surface area contributed by atoms with E-state index in [0.29, 0.717) is 31.4 Å². The van der Waals surface area contributed by atoms with E-state index in [2.05, 4.69) is 26.6 Å². The van der Waals surface area contributed by atoms with E-state index in [0.717, 1.165) is 0 Å². The zero-order valence-corrected chi connectivity index (χ0v) is 27.3. The van der Waals surface area contributed by atoms with Gasteiger partial charge in [-0.15, -0.1) is 0 Å². The van der Waals surface area contributed by atoms with E-state index in [1.807, 2.05) is 0 Å². The second kappa shape index (κ2) is 21.0. The maximum Gasteiger partial charge on any atom is 0.305 e. The molecule has 1 aromatic rings. The van der Waals surface area contributed by atoms with Crippen molar-refractivity contribution in [3.05, 3.63) is 29.8 Å². The normalized spacial score (nSPS) is 14.0. The molecule has 0 aliphatic rings. The second-order valence-electron chi connectivity index (χ2n) is 11.7. The number of carboxylic acids is 1. The van der Waals surface area contributed by atoms with Crippen molar-refractivity contribution in [1.82, 2.24) is 26.6 Å². The summed E-state index contributed by atoms with van der Waals surface area (Å²) in [5.41, 5.74) is 23.0. The van der Waals surface area contributed by atoms with Gasteiger partial charge in [-0.25, -0.2) is 0 Å². The average Bonchev–Trinajstić information content (AvgIpc) is 3.00. The zero-order chi connectivity index (χ0) is 36.4. The molecule has 0 aliphatic heterocycles. The van der Waals surface area contributed by atoms with Crippen LogP contribution in [0.3, 0.4) is 0 Å². The molecule has 1 aromatic carbocycles. The number of carbonyl (C=O) groups is 6. The minimum Gasteiger partial charge on any atom is -0.508 e. The standard InChI is InChI=1S/C30H50N10O8/c1-16(2)24(40-26(45)19(32)14-17-8-10-18(41)11-9-17)29(48)39-22(15-23(42)43)28(47)38-21(6-3-4-12-31)27(46)37-20(25(33)44)7-5-13-36-30(34)35/h8-11,16,19-22,24,41H,3-7,12-15,31-32H2,1-2H3,(H2,33,44)(H,37,46)(H,38,47)(H,39,48)(H,40,45)(H,42,43)(H4,34,35,36)/t19-,20-,21-,22-,24-/m1/s1. The van der Waals surface area contributed by atoms with Crippen LogP contribution < -0.4 is 49.5 Å². The van der Waals surface area contributed by atoms with Crippen LogP contribution in [0.15, 0.2) is 24.3 Å². The number of guanidine groups is 1. The smallest absolute Gasteiger partial charge is 0.305 e. The summed E-state index contributed by atoms with van der Waals surface area (Å²) in [6.07, 6.45) is 0.631. The Hall–Kier alpha value is -4.97. The lowest BCUT2D eigenvalue weighted by atomic mass is 10.0. The topological polar surface area (TPSA) is 331 Å². The van der Waals surface area contributed by atoms with Crippen LogP contribution in [0.4, 0.5) is 0 Å². The number of nitrogens with one attached hydrogen (secondary N) is 6. The summed E-state index contributed by atoms with van der Waals surface area (Å²) in [6, 6.07) is -0.208. The van der Waals surface area contributed by atoms with E-state index in [9.17, 15) is 39.0 Å². The summed E-state index contributed by atoms with van der Waals surface area (Å²) in [4.78, 5) is 76.5. The van der Waals surface area contributed by atoms with Crippen molar-refractivity contribution in [3.8, 4) is 5.75 Å². The predicted molar refractivity (Wildman–Crippen MR) is 176 cm³/mol. The molecule has 0 saturated heterocycles. The molecule has 16 N–H and O–H groups in total. The fourth-order valence-corrected chi connectivity index (χ4v) is 4.54. The van der Waals surface area contributed by atoms with E-state index in [4.69, 9.17) is 28.3 Å². The van der Waals surface area contributed by atoms with Crippen molar-refractivity contribution in [1.29, 1.82) is 5.41 Å². The number of rotatable bonds is 22. The highest BCUT2D eigenvalue weighted by Gasteiger charge is 2.33. The van der Waals surface area contributed by atoms with Gasteiger partial charge in [0, 0.05) is 6.54 Å². The molecular formula is C30H50N10O8. The van der Waals surface area contributed by atoms with Crippen molar-refractivity contribution in [2.75, 3.05) is 13.1 Å². The third kappa shape index (κ3) is 15.5. The Labute approximate surface area is 279 Å². The molecule has 0 bridgehead atoms. The van der Waals surface area contributed by atoms with Gasteiger partial charge >= 0.3 is 5.97 Å². The van der Waals surface area contributed by atoms with Crippen LogP contribution in [0.5, 0.6) is 5.75 Å². The number of benzene rings is 1. The summed E-state index contributed by atoms with van der Waals surface area (Å²) in [5, 5.41) is 38.6. The van der Waals surface area contributed by atoms with Gasteiger partial charge in [-0.2, -0.15) is 0 Å². The van der Waals surface area contributed by atoms with Gasteiger partial charge in [-0.05, 0) is 68.7 Å². The number of amides is 5. The molecule has 5 atom stereocenters. The summed E-state index contributed by atoms with van der Waals surface area (Å²) in [6.45, 7) is 3.80. The highest BCUT2D eigenvalue weighted by molar-refractivity contribution is 5.97. The number of primary amides is 1. The number of phenols is 1. The molecule has 0 aromatic heterocycles. The molecule has 18 heteroatoms. The van der Waals surface area contributed by atoms with Gasteiger partial charge in [0.2, 0.25) is 29.5 Å². The van der Waals surface area contributed by atoms with E-state index < -0.39 is 78.1 Å². The molecule has 1 rings (SSSR count). The number of carboxylic acid groups (broad SMARTS) is 1. The number of phenolic OH excluding ortho intramolecular Hbond substituents is 1. The van der Waals surface area contributed by atoms with Crippen molar-refractivity contribution < 1.29 is 39.0 Å². The highest BCUT2D eigenvalue weighted by Crippen LogP contribution is 2.12. The first-order valence-corrected chi connectivity index (χ1v) is 15.6. The molecule has 0 fully saturated rings. The van der Waals surface area contributed by atoms with E-state index >= 15 is 0 Å². The van der Waals surface area contributed by atoms with Gasteiger partial charge in [0.15, 0.2) is 5.96 Å². The first-order valence-electron chi connectivity index (χ1n) is 15.6. The minimum atomic E-state index is -1.65. The summed E-state index contributed by atoms with van der Waals surface area (Å²) >= 11 is 0. The fraction of sp³-hybridized carbons (Fsp3) is 0.567. The fourth-order valence-electron chi connectivity index (χ4n) is 4.54. The van der Waals surface area contributed by atoms with E-state index in [1.54, 1.807) is 26.0 Å². The summed E-state index contributed by atoms with van der Waals surface area (Å²) in [5.74, 6) is -6.26. The number of unbranched alkanes of at least 4 members (excludes halogenated alkanes) is 1. The molecule has 0 heterocycles. The zero-order valence-electron chi connectivity index (χ0n) is 27.3. The van der Waals surface area contributed by atoms with Crippen LogP contribution in [0.25, 0.3) is 0 Å². The number of aromatic hydroxyl groups is 1. The predicted octanol–water partition coefficient (Wildman–Crippen LogP) is -2.79. The third-order valence-electron chi connectivity index (χ3n) is 7.21. The number of nitrogens with two attached hydrogens (primary N) is 4. The van der Waals surface area contributed by atoms with Gasteiger partial charge in [0.1, 0.15) is 29.9 Å². The molecule has 0 spiro atoms. The molecule has 0 radical (unpaired) electrons. The maximum atomic E-state index is 13.4. The minimum absolute atomic E-state index is 0.0425. The Morgan fingerprint density at radius 1 is 0.792 bits per heavy atom. The lowest BCUT2D eigenvalue weighted by Crippen LogP contribution is -2.60. The number of hydrogen-bond acceptors (Lipinski definition) is 10. The second-order valence-corrected chi connectivity index (χ2v) is 11.7. The maximum absolute atomic E-state index is 13.4. The van der Waals surface area contributed by atoms with E-state index in [1.165, 1.54) is 12.1 Å². The third-order valence-corrected chi connectivity index (χ3v) is 7.21. The highest BCUT2D eigenvalue weighted by atomic mass is 16.4. The molecule has 0 unspecified atom stereocenters. The van der Waals surface area contributed by atoms with Crippen molar-refractivity contribution >= 4 is 41.5 Å². The quantitative estimate of drug-likeness (QED) is 0.0336. The van der Waals surface area contributed by atoms with Gasteiger partial charge in [0.25, 0.3) is 0 Å². The molecular weight excluding hydrogens is 628 g/mol. The molecule has 18 nitrogen and oxygen atoms in total. The monoisotopic (exact) mass is 678 g/mol. The van der Waals surface area contributed by atoms with Gasteiger partial charge in [-0.3, -0.25) is 34.2 Å². The molecule has 48 heavy (non-hydrogen) atoms. The lowest BCUT2D eigenvalue weighted by Gasteiger charge is -2.27. The first-order chi connectivity index (χ1) is 22.5. The van der Waals surface area contributed by atoms with Crippen LogP contribution in [0.1, 0.15) is 57.9 Å². The first kappa shape index (κ1) is 41.1. The summed E-state index contributed by atoms with van der Waals surface area (Å²) < 4.78 is 0. The van der Waals surface area contributed by atoms with Crippen molar-refractivity contribution in [2.45, 2.75) is 89.0 Å². The van der Waals surface area contributed by atoms with Crippen molar-refractivity contribution in [3.63, 3.8) is 0 Å². The molecule has 5 amide bonds. The van der Waals surface area contributed by atoms with Gasteiger partial charge in [0.05, 0.1) is 12.5 Å². The molecule has 0 saturated carbocycles. The van der Waals surface area contributed by atoms with Crippen LogP contribution in [0, 0.1) is 11.3 Å². The van der Waals surface area contributed by atoms with Crippen LogP contribution in [-0.2, 0) is 35.2 Å². The molecule has 0 aliphatic carbocycles. The van der Waals surface area contributed by atoms with E-state index in [-0.39, 0.29) is 37.5 Å². The van der Waals surface area contributed by atoms with Crippen LogP contribution in [-0.4, -0.2) is 95.0 Å². The molecule has 268 valence electrons. The average molecular weight is 679 g/mol. The Morgan fingerprint density at radius 2 is 1.35 bits per heavy atom. The van der Waals surface area contributed by atoms with Gasteiger partial charge in [-0.1, -0.05) is 26.0 Å². The van der Waals surface area contributed by atoms with Crippen LogP contribution in [0.2, 0.25) is 0 Å². The SMILES string of the molecule is CC(C)[C@@H](NC(=O)[C@H](N)Cc1ccc(O)cc1)C(=O)N[C@H](CC(=O)O)C(=O)N[C@H](CCCCN)C(=O)N[C@H](CCCNC(=N)N)C(N)=O. The van der Waals surface area contributed by atoms with Crippen molar-refractivity contribution in [2.24, 2.45) is 28.9 Å².